The first-order valence-electron chi connectivity index (χ1n) is 11.3. The van der Waals surface area contributed by atoms with Gasteiger partial charge in [-0.25, -0.2) is 13.5 Å². The Balaban J connectivity index is 1.51. The zero-order valence-electron chi connectivity index (χ0n) is 20.4. The minimum Gasteiger partial charge on any atom is -0.493 e. The van der Waals surface area contributed by atoms with Gasteiger partial charge in [0.05, 0.1) is 30.1 Å². The number of aromatic nitrogens is 3. The third-order valence-corrected chi connectivity index (χ3v) is 5.84. The van der Waals surface area contributed by atoms with E-state index in [4.69, 9.17) is 9.47 Å². The van der Waals surface area contributed by atoms with E-state index < -0.39 is 11.6 Å². The molecule has 2 heterocycles. The van der Waals surface area contributed by atoms with Crippen molar-refractivity contribution in [1.82, 2.24) is 20.1 Å². The summed E-state index contributed by atoms with van der Waals surface area (Å²) < 4.78 is 40.3. The van der Waals surface area contributed by atoms with Gasteiger partial charge in [-0.2, -0.15) is 5.10 Å². The average molecular weight is 493 g/mol. The number of carbonyl (C=O) groups excluding carboxylic acids is 1. The Hall–Kier alpha value is -4.27. The first-order chi connectivity index (χ1) is 17.3. The number of nitrogens with zero attached hydrogens (tertiary/aromatic N) is 3. The van der Waals surface area contributed by atoms with Crippen LogP contribution in [-0.2, 0) is 6.61 Å². The molecule has 4 aromatic rings. The molecular formula is C27H26F2N4O3. The average Bonchev–Trinajstić information content (AvgIpc) is 3.16. The second-order valence-electron chi connectivity index (χ2n) is 8.30. The summed E-state index contributed by atoms with van der Waals surface area (Å²) in [6.07, 6.45) is 3.40. The van der Waals surface area contributed by atoms with Gasteiger partial charge in [-0.1, -0.05) is 6.07 Å². The van der Waals surface area contributed by atoms with E-state index in [0.29, 0.717) is 35.1 Å². The molecule has 0 radical (unpaired) electrons. The van der Waals surface area contributed by atoms with Crippen molar-refractivity contribution in [2.45, 2.75) is 33.4 Å². The smallest absolute Gasteiger partial charge is 0.255 e. The van der Waals surface area contributed by atoms with E-state index in [1.54, 1.807) is 39.4 Å². The third kappa shape index (κ3) is 5.19. The molecule has 1 amide bonds. The van der Waals surface area contributed by atoms with Gasteiger partial charge in [0.2, 0.25) is 0 Å². The van der Waals surface area contributed by atoms with Crippen LogP contribution in [0.15, 0.2) is 60.9 Å². The van der Waals surface area contributed by atoms with Crippen LogP contribution in [0.5, 0.6) is 11.5 Å². The Labute approximate surface area is 207 Å². The second-order valence-corrected chi connectivity index (χ2v) is 8.30. The number of halogens is 2. The molecule has 0 fully saturated rings. The summed E-state index contributed by atoms with van der Waals surface area (Å²) >= 11 is 0. The molecule has 4 rings (SSSR count). The summed E-state index contributed by atoms with van der Waals surface area (Å²) in [4.78, 5) is 17.2. The molecule has 9 heteroatoms. The Morgan fingerprint density at radius 1 is 1.06 bits per heavy atom. The maximum atomic E-state index is 14.3. The van der Waals surface area contributed by atoms with Crippen molar-refractivity contribution in [3.8, 4) is 17.2 Å². The van der Waals surface area contributed by atoms with Gasteiger partial charge < -0.3 is 14.8 Å². The second kappa shape index (κ2) is 10.6. The van der Waals surface area contributed by atoms with Crippen LogP contribution >= 0.6 is 0 Å². The zero-order chi connectivity index (χ0) is 25.8. The van der Waals surface area contributed by atoms with Gasteiger partial charge >= 0.3 is 0 Å². The Morgan fingerprint density at radius 3 is 2.50 bits per heavy atom. The van der Waals surface area contributed by atoms with E-state index in [2.05, 4.69) is 15.4 Å². The van der Waals surface area contributed by atoms with Crippen molar-refractivity contribution >= 4 is 5.91 Å². The predicted molar refractivity (Wildman–Crippen MR) is 130 cm³/mol. The van der Waals surface area contributed by atoms with Crippen molar-refractivity contribution in [3.63, 3.8) is 0 Å². The molecule has 2 aromatic carbocycles. The molecule has 0 spiro atoms. The van der Waals surface area contributed by atoms with Gasteiger partial charge in [-0.15, -0.1) is 0 Å². The number of rotatable bonds is 8. The van der Waals surface area contributed by atoms with Crippen molar-refractivity contribution in [3.05, 3.63) is 101 Å². The normalized spacial score (nSPS) is 11.7. The number of amides is 1. The van der Waals surface area contributed by atoms with Crippen LogP contribution in [0.2, 0.25) is 0 Å². The van der Waals surface area contributed by atoms with Crippen LogP contribution < -0.4 is 14.8 Å². The van der Waals surface area contributed by atoms with Crippen LogP contribution in [-0.4, -0.2) is 27.8 Å². The highest BCUT2D eigenvalue weighted by Gasteiger charge is 2.23. The Bertz CT molecular complexity index is 1390. The van der Waals surface area contributed by atoms with Crippen LogP contribution in [0.25, 0.3) is 5.69 Å². The number of pyridine rings is 1. The summed E-state index contributed by atoms with van der Waals surface area (Å²) in [5, 5.41) is 7.27. The number of hydrogen-bond donors (Lipinski definition) is 1. The summed E-state index contributed by atoms with van der Waals surface area (Å²) in [5.41, 5.74) is 3.05. The van der Waals surface area contributed by atoms with E-state index in [-0.39, 0.29) is 17.6 Å². The van der Waals surface area contributed by atoms with Crippen molar-refractivity contribution in [1.29, 1.82) is 0 Å². The maximum absolute atomic E-state index is 14.3. The maximum Gasteiger partial charge on any atom is 0.255 e. The SMILES string of the molecule is COc1cc(C(C)NC(=O)c2c(C)nn(-c3ccc(F)cc3F)c2C)ccc1OCc1ccncc1. The van der Waals surface area contributed by atoms with Gasteiger partial charge in [0, 0.05) is 18.5 Å². The highest BCUT2D eigenvalue weighted by molar-refractivity contribution is 5.96. The van der Waals surface area contributed by atoms with E-state index >= 15 is 0 Å². The number of methoxy groups -OCH3 is 1. The monoisotopic (exact) mass is 492 g/mol. The molecule has 1 N–H and O–H groups in total. The van der Waals surface area contributed by atoms with Gasteiger partial charge in [0.1, 0.15) is 18.1 Å². The summed E-state index contributed by atoms with van der Waals surface area (Å²) in [6, 6.07) is 12.0. The molecule has 0 saturated carbocycles. The van der Waals surface area contributed by atoms with E-state index in [1.165, 1.54) is 10.7 Å². The quantitative estimate of drug-likeness (QED) is 0.364. The van der Waals surface area contributed by atoms with Crippen LogP contribution in [0.1, 0.15) is 45.8 Å². The molecule has 1 unspecified atom stereocenters. The molecule has 2 aromatic heterocycles. The first kappa shape index (κ1) is 24.8. The van der Waals surface area contributed by atoms with Crippen molar-refractivity contribution < 1.29 is 23.0 Å². The third-order valence-electron chi connectivity index (χ3n) is 5.84. The number of benzene rings is 2. The van der Waals surface area contributed by atoms with E-state index in [1.807, 2.05) is 31.2 Å². The van der Waals surface area contributed by atoms with Crippen molar-refractivity contribution in [2.24, 2.45) is 0 Å². The molecule has 1 atom stereocenters. The topological polar surface area (TPSA) is 78.3 Å². The highest BCUT2D eigenvalue weighted by Crippen LogP contribution is 2.31. The number of carbonyl (C=O) groups is 1. The summed E-state index contributed by atoms with van der Waals surface area (Å²) in [5.74, 6) is -0.697. The largest absolute Gasteiger partial charge is 0.493 e. The molecule has 0 saturated heterocycles. The molecule has 0 aliphatic heterocycles. The van der Waals surface area contributed by atoms with Crippen LogP contribution in [0.4, 0.5) is 8.78 Å². The van der Waals surface area contributed by atoms with Gasteiger partial charge in [-0.3, -0.25) is 9.78 Å². The lowest BCUT2D eigenvalue weighted by Gasteiger charge is -2.17. The number of ether oxygens (including phenoxy) is 2. The lowest BCUT2D eigenvalue weighted by Crippen LogP contribution is -2.27. The molecular weight excluding hydrogens is 466 g/mol. The molecule has 36 heavy (non-hydrogen) atoms. The minimum absolute atomic E-state index is 0.0659. The van der Waals surface area contributed by atoms with Crippen LogP contribution in [0, 0.1) is 25.5 Å². The fraction of sp³-hybridized carbons (Fsp3) is 0.222. The molecule has 0 aliphatic carbocycles. The van der Waals surface area contributed by atoms with E-state index in [9.17, 15) is 13.6 Å². The molecule has 0 bridgehead atoms. The highest BCUT2D eigenvalue weighted by atomic mass is 19.1. The Morgan fingerprint density at radius 2 is 1.81 bits per heavy atom. The number of nitrogens with one attached hydrogen (secondary N) is 1. The fourth-order valence-corrected chi connectivity index (χ4v) is 3.92. The van der Waals surface area contributed by atoms with Crippen molar-refractivity contribution in [2.75, 3.05) is 7.11 Å². The lowest BCUT2D eigenvalue weighted by molar-refractivity contribution is 0.0938. The number of hydrogen-bond acceptors (Lipinski definition) is 5. The zero-order valence-corrected chi connectivity index (χ0v) is 20.4. The van der Waals surface area contributed by atoms with Gasteiger partial charge in [0.15, 0.2) is 17.3 Å². The summed E-state index contributed by atoms with van der Waals surface area (Å²) in [6.45, 7) is 5.55. The minimum atomic E-state index is -0.765. The standard InChI is InChI=1S/C27H26F2N4O3/c1-16(20-5-8-24(25(13-20)35-4)36-15-19-9-11-30-12-10-19)31-27(34)26-17(2)32-33(18(26)3)23-7-6-21(28)14-22(23)29/h5-14,16H,15H2,1-4H3,(H,31,34). The fourth-order valence-electron chi connectivity index (χ4n) is 3.92. The van der Waals surface area contributed by atoms with E-state index in [0.717, 1.165) is 23.3 Å². The van der Waals surface area contributed by atoms with Crippen LogP contribution in [0.3, 0.4) is 0 Å². The first-order valence-corrected chi connectivity index (χ1v) is 11.3. The number of aryl methyl sites for hydroxylation is 1. The molecule has 0 aliphatic rings. The summed E-state index contributed by atoms with van der Waals surface area (Å²) in [7, 11) is 1.55. The lowest BCUT2D eigenvalue weighted by atomic mass is 10.1. The van der Waals surface area contributed by atoms with Gasteiger partial charge in [-0.05, 0) is 68.3 Å². The Kier molecular flexibility index (Phi) is 7.28. The molecule has 186 valence electrons. The molecule has 7 nitrogen and oxygen atoms in total. The predicted octanol–water partition coefficient (Wildman–Crippen LogP) is 5.24. The van der Waals surface area contributed by atoms with Gasteiger partial charge in [0.25, 0.3) is 5.91 Å².